The maximum absolute atomic E-state index is 13.4. The van der Waals surface area contributed by atoms with Crippen molar-refractivity contribution in [2.45, 2.75) is 72.8 Å². The van der Waals surface area contributed by atoms with Crippen molar-refractivity contribution in [1.29, 1.82) is 0 Å². The third-order valence-corrected chi connectivity index (χ3v) is 7.44. The van der Waals surface area contributed by atoms with E-state index in [1.54, 1.807) is 0 Å². The lowest BCUT2D eigenvalue weighted by molar-refractivity contribution is -0.155. The van der Waals surface area contributed by atoms with Gasteiger partial charge in [-0.1, -0.05) is 20.8 Å². The Kier molecular flexibility index (Phi) is 6.78. The number of ether oxygens (including phenoxy) is 1. The Hall–Kier alpha value is -2.04. The molecule has 0 unspecified atom stereocenters. The summed E-state index contributed by atoms with van der Waals surface area (Å²) in [5.74, 6) is 0.109. The zero-order chi connectivity index (χ0) is 22.1. The molecule has 1 amide bonds. The van der Waals surface area contributed by atoms with E-state index in [4.69, 9.17) is 4.74 Å². The quantitative estimate of drug-likeness (QED) is 0.652. The number of anilines is 2. The fourth-order valence-corrected chi connectivity index (χ4v) is 5.41. The first-order valence-electron chi connectivity index (χ1n) is 11.6. The average molecular weight is 415 g/mol. The first-order valence-corrected chi connectivity index (χ1v) is 11.6. The van der Waals surface area contributed by atoms with Gasteiger partial charge in [-0.2, -0.15) is 0 Å². The summed E-state index contributed by atoms with van der Waals surface area (Å²) in [4.78, 5) is 28.1. The summed E-state index contributed by atoms with van der Waals surface area (Å²) in [5, 5.41) is 3.12. The summed E-state index contributed by atoms with van der Waals surface area (Å²) >= 11 is 0. The predicted molar refractivity (Wildman–Crippen MR) is 122 cm³/mol. The molecule has 30 heavy (non-hydrogen) atoms. The average Bonchev–Trinajstić information content (AvgIpc) is 2.94. The van der Waals surface area contributed by atoms with Gasteiger partial charge in [-0.25, -0.2) is 0 Å². The van der Waals surface area contributed by atoms with Crippen LogP contribution < -0.4 is 10.2 Å². The number of benzene rings is 1. The van der Waals surface area contributed by atoms with E-state index in [0.717, 1.165) is 55.7 Å². The molecule has 1 aromatic rings. The number of carbonyl (C=O) groups excluding carboxylic acids is 2. The Balaban J connectivity index is 1.78. The fourth-order valence-electron chi connectivity index (χ4n) is 5.41. The summed E-state index contributed by atoms with van der Waals surface area (Å²) < 4.78 is 5.91. The van der Waals surface area contributed by atoms with Crippen molar-refractivity contribution in [3.8, 4) is 0 Å². The largest absolute Gasteiger partial charge is 0.458 e. The van der Waals surface area contributed by atoms with Gasteiger partial charge in [0, 0.05) is 24.5 Å². The molecule has 1 spiro atoms. The fraction of sp³-hybridized carbons (Fsp3) is 0.680. The highest BCUT2D eigenvalue weighted by molar-refractivity contribution is 5.98. The molecular weight excluding hydrogens is 376 g/mol. The molecule has 0 bridgehead atoms. The molecule has 1 aromatic carbocycles. The van der Waals surface area contributed by atoms with Gasteiger partial charge >= 0.3 is 5.97 Å². The van der Waals surface area contributed by atoms with Crippen LogP contribution in [0.4, 0.5) is 11.4 Å². The van der Waals surface area contributed by atoms with Gasteiger partial charge in [-0.15, -0.1) is 0 Å². The van der Waals surface area contributed by atoms with Crippen LogP contribution in [0.3, 0.4) is 0 Å². The van der Waals surface area contributed by atoms with Crippen molar-refractivity contribution in [2.24, 2.45) is 23.7 Å². The Morgan fingerprint density at radius 2 is 1.87 bits per heavy atom. The molecule has 0 radical (unpaired) electrons. The Bertz CT molecular complexity index is 777. The van der Waals surface area contributed by atoms with Crippen molar-refractivity contribution < 1.29 is 14.3 Å². The van der Waals surface area contributed by atoms with Crippen LogP contribution in [0, 0.1) is 30.6 Å². The molecule has 1 aliphatic heterocycles. The summed E-state index contributed by atoms with van der Waals surface area (Å²) in [7, 11) is 0. The number of amides is 1. The normalized spacial score (nSPS) is 28.6. The number of rotatable bonds is 6. The van der Waals surface area contributed by atoms with Crippen molar-refractivity contribution in [2.75, 3.05) is 23.3 Å². The van der Waals surface area contributed by atoms with E-state index in [0.29, 0.717) is 11.8 Å². The van der Waals surface area contributed by atoms with Crippen molar-refractivity contribution in [3.63, 3.8) is 0 Å². The molecule has 2 atom stereocenters. The van der Waals surface area contributed by atoms with Gasteiger partial charge in [0.1, 0.15) is 5.60 Å². The first-order chi connectivity index (χ1) is 14.2. The number of hydrogen-bond acceptors (Lipinski definition) is 4. The predicted octanol–water partition coefficient (Wildman–Crippen LogP) is 5.17. The summed E-state index contributed by atoms with van der Waals surface area (Å²) in [6, 6.07) is 6.15. The maximum atomic E-state index is 13.4. The highest BCUT2D eigenvalue weighted by Crippen LogP contribution is 2.49. The Labute approximate surface area is 181 Å². The van der Waals surface area contributed by atoms with Crippen LogP contribution >= 0.6 is 0 Å². The molecule has 1 aliphatic carbocycles. The third-order valence-electron chi connectivity index (χ3n) is 7.44. The molecule has 5 nitrogen and oxygen atoms in total. The molecule has 2 fully saturated rings. The zero-order valence-corrected chi connectivity index (χ0v) is 19.5. The van der Waals surface area contributed by atoms with E-state index >= 15 is 0 Å². The van der Waals surface area contributed by atoms with Crippen molar-refractivity contribution >= 4 is 23.3 Å². The van der Waals surface area contributed by atoms with Crippen LogP contribution in [0.25, 0.3) is 0 Å². The topological polar surface area (TPSA) is 58.6 Å². The number of nitrogens with one attached hydrogen (secondary N) is 1. The van der Waals surface area contributed by atoms with Gasteiger partial charge < -0.3 is 15.0 Å². The lowest BCUT2D eigenvalue weighted by Gasteiger charge is -2.40. The second kappa shape index (κ2) is 8.99. The molecule has 1 saturated carbocycles. The Morgan fingerprint density at radius 1 is 1.23 bits per heavy atom. The number of esters is 1. The standard InChI is InChI=1S/C25H38N2O3/c1-7-27(8-2)20-9-10-21(17(5)15-20)26-23(28)22-18(6)24(29)30-25(22)13-11-19(12-14-25)16(3)4/h9-10,15-16,18-19,22H,7-8,11-14H2,1-6H3,(H,26,28)/t18-,19?,22-,25?/m1/s1. The highest BCUT2D eigenvalue weighted by Gasteiger charge is 2.58. The lowest BCUT2D eigenvalue weighted by atomic mass is 9.67. The molecule has 2 aliphatic rings. The second-order valence-corrected chi connectivity index (χ2v) is 9.49. The molecule has 5 heteroatoms. The summed E-state index contributed by atoms with van der Waals surface area (Å²) in [6.45, 7) is 14.5. The van der Waals surface area contributed by atoms with Gasteiger partial charge in [-0.05, 0) is 82.1 Å². The molecule has 166 valence electrons. The van der Waals surface area contributed by atoms with E-state index in [1.165, 1.54) is 0 Å². The van der Waals surface area contributed by atoms with Crippen LogP contribution in [0.15, 0.2) is 18.2 Å². The molecule has 3 rings (SSSR count). The smallest absolute Gasteiger partial charge is 0.310 e. The van der Waals surface area contributed by atoms with Crippen LogP contribution in [0.2, 0.25) is 0 Å². The number of hydrogen-bond donors (Lipinski definition) is 1. The monoisotopic (exact) mass is 414 g/mol. The molecule has 0 aromatic heterocycles. The number of carbonyl (C=O) groups is 2. The van der Waals surface area contributed by atoms with Crippen LogP contribution in [0.5, 0.6) is 0 Å². The SMILES string of the molecule is CCN(CC)c1ccc(NC(=O)[C@H]2[C@@H](C)C(=O)OC23CCC(C(C)C)CC3)c(C)c1. The van der Waals surface area contributed by atoms with Crippen LogP contribution in [-0.2, 0) is 14.3 Å². The summed E-state index contributed by atoms with van der Waals surface area (Å²) in [5.41, 5.74) is 2.37. The summed E-state index contributed by atoms with van der Waals surface area (Å²) in [6.07, 6.45) is 3.59. The molecule has 1 N–H and O–H groups in total. The van der Waals surface area contributed by atoms with E-state index in [-0.39, 0.29) is 11.9 Å². The minimum absolute atomic E-state index is 0.0879. The van der Waals surface area contributed by atoms with Gasteiger partial charge in [0.25, 0.3) is 0 Å². The number of nitrogens with zero attached hydrogens (tertiary/aromatic N) is 1. The molecule has 1 saturated heterocycles. The van der Waals surface area contributed by atoms with Crippen molar-refractivity contribution in [3.05, 3.63) is 23.8 Å². The van der Waals surface area contributed by atoms with E-state index < -0.39 is 17.4 Å². The molecular formula is C25H38N2O3. The second-order valence-electron chi connectivity index (χ2n) is 9.49. The molecule has 1 heterocycles. The minimum Gasteiger partial charge on any atom is -0.458 e. The zero-order valence-electron chi connectivity index (χ0n) is 19.5. The van der Waals surface area contributed by atoms with Crippen molar-refractivity contribution in [1.82, 2.24) is 0 Å². The first kappa shape index (κ1) is 22.6. The van der Waals surface area contributed by atoms with Crippen LogP contribution in [0.1, 0.15) is 65.9 Å². The lowest BCUT2D eigenvalue weighted by Crippen LogP contribution is -2.46. The maximum Gasteiger partial charge on any atom is 0.310 e. The number of aryl methyl sites for hydroxylation is 1. The van der Waals surface area contributed by atoms with Crippen LogP contribution in [-0.4, -0.2) is 30.6 Å². The van der Waals surface area contributed by atoms with Gasteiger partial charge in [0.15, 0.2) is 0 Å². The van der Waals surface area contributed by atoms with Gasteiger partial charge in [0.05, 0.1) is 11.8 Å². The van der Waals surface area contributed by atoms with E-state index in [9.17, 15) is 9.59 Å². The Morgan fingerprint density at radius 3 is 2.40 bits per heavy atom. The minimum atomic E-state index is -0.638. The third kappa shape index (κ3) is 4.21. The van der Waals surface area contributed by atoms with Gasteiger partial charge in [0.2, 0.25) is 5.91 Å². The van der Waals surface area contributed by atoms with E-state index in [2.05, 4.69) is 50.0 Å². The van der Waals surface area contributed by atoms with Gasteiger partial charge in [-0.3, -0.25) is 9.59 Å². The van der Waals surface area contributed by atoms with E-state index in [1.807, 2.05) is 19.9 Å². The highest BCUT2D eigenvalue weighted by atomic mass is 16.6.